The molecule has 0 aliphatic rings. The maximum Gasteiger partial charge on any atom is 0.188 e. The van der Waals surface area contributed by atoms with Crippen LogP contribution in [0.25, 0.3) is 0 Å². The first kappa shape index (κ1) is 15.7. The Balaban J connectivity index is 1.84. The highest BCUT2D eigenvalue weighted by Crippen LogP contribution is 2.27. The van der Waals surface area contributed by atoms with E-state index >= 15 is 0 Å². The molecule has 0 amide bonds. The Morgan fingerprint density at radius 3 is 2.82 bits per heavy atom. The molecule has 0 spiro atoms. The van der Waals surface area contributed by atoms with Crippen LogP contribution in [0.2, 0.25) is 0 Å². The van der Waals surface area contributed by atoms with E-state index in [1.807, 2.05) is 35.1 Å². The van der Waals surface area contributed by atoms with E-state index in [4.69, 9.17) is 15.2 Å². The second-order valence-electron chi connectivity index (χ2n) is 4.59. The highest BCUT2D eigenvalue weighted by atomic mass is 16.5. The first-order valence-corrected chi connectivity index (χ1v) is 6.95. The van der Waals surface area contributed by atoms with Gasteiger partial charge in [0.15, 0.2) is 17.5 Å². The summed E-state index contributed by atoms with van der Waals surface area (Å²) in [5.74, 6) is 1.78. The van der Waals surface area contributed by atoms with Gasteiger partial charge in [0.1, 0.15) is 0 Å². The molecule has 7 nitrogen and oxygen atoms in total. The summed E-state index contributed by atoms with van der Waals surface area (Å²) >= 11 is 0. The van der Waals surface area contributed by atoms with Gasteiger partial charge in [0.05, 0.1) is 27.3 Å². The van der Waals surface area contributed by atoms with E-state index < -0.39 is 0 Å². The van der Waals surface area contributed by atoms with Crippen molar-refractivity contribution in [2.24, 2.45) is 10.7 Å². The molecule has 1 aromatic heterocycles. The Morgan fingerprint density at radius 1 is 1.32 bits per heavy atom. The lowest BCUT2D eigenvalue weighted by atomic mass is 10.2. The van der Waals surface area contributed by atoms with Gasteiger partial charge in [-0.05, 0) is 23.8 Å². The first-order valence-electron chi connectivity index (χ1n) is 6.95. The quantitative estimate of drug-likeness (QED) is 0.589. The molecule has 0 radical (unpaired) electrons. The highest BCUT2D eigenvalue weighted by Gasteiger charge is 2.04. The van der Waals surface area contributed by atoms with Crippen molar-refractivity contribution >= 4 is 5.96 Å². The molecule has 118 valence electrons. The molecule has 0 aliphatic heterocycles. The van der Waals surface area contributed by atoms with Gasteiger partial charge in [0.2, 0.25) is 0 Å². The van der Waals surface area contributed by atoms with E-state index in [0.717, 1.165) is 12.1 Å². The van der Waals surface area contributed by atoms with Gasteiger partial charge in [-0.25, -0.2) is 4.99 Å². The minimum atomic E-state index is 0.405. The van der Waals surface area contributed by atoms with Crippen molar-refractivity contribution in [3.8, 4) is 11.5 Å². The van der Waals surface area contributed by atoms with Crippen LogP contribution in [0.4, 0.5) is 0 Å². The van der Waals surface area contributed by atoms with Crippen molar-refractivity contribution in [1.29, 1.82) is 0 Å². The number of aromatic nitrogens is 2. The van der Waals surface area contributed by atoms with Crippen LogP contribution >= 0.6 is 0 Å². The zero-order chi connectivity index (χ0) is 15.8. The summed E-state index contributed by atoms with van der Waals surface area (Å²) in [6, 6.07) is 7.56. The minimum absolute atomic E-state index is 0.405. The lowest BCUT2D eigenvalue weighted by Gasteiger charge is -2.09. The van der Waals surface area contributed by atoms with E-state index in [1.54, 1.807) is 20.4 Å². The monoisotopic (exact) mass is 303 g/mol. The molecule has 7 heteroatoms. The summed E-state index contributed by atoms with van der Waals surface area (Å²) in [7, 11) is 3.22. The molecule has 0 saturated carbocycles. The lowest BCUT2D eigenvalue weighted by Crippen LogP contribution is -2.34. The topological polar surface area (TPSA) is 86.7 Å². The number of rotatable bonds is 7. The number of hydrogen-bond donors (Lipinski definition) is 2. The summed E-state index contributed by atoms with van der Waals surface area (Å²) in [5, 5.41) is 7.17. The molecule has 0 atom stereocenters. The van der Waals surface area contributed by atoms with E-state index in [-0.39, 0.29) is 0 Å². The first-order chi connectivity index (χ1) is 10.7. The molecule has 1 heterocycles. The van der Waals surface area contributed by atoms with Crippen LogP contribution in [0.3, 0.4) is 0 Å². The van der Waals surface area contributed by atoms with Crippen molar-refractivity contribution < 1.29 is 9.47 Å². The molecule has 2 aromatic rings. The van der Waals surface area contributed by atoms with Crippen molar-refractivity contribution in [2.45, 2.75) is 13.1 Å². The van der Waals surface area contributed by atoms with Crippen LogP contribution in [-0.2, 0) is 13.1 Å². The Morgan fingerprint density at radius 2 is 2.14 bits per heavy atom. The standard InChI is InChI=1S/C15H21N5O2/c1-21-13-5-4-12(10-14(13)22-2)11-18-15(16)17-7-9-20-8-3-6-19-20/h3-6,8,10H,7,9,11H2,1-2H3,(H3,16,17,18). The SMILES string of the molecule is COc1ccc(CN=C(N)NCCn2cccn2)cc1OC. The third-order valence-corrected chi connectivity index (χ3v) is 3.09. The number of methoxy groups -OCH3 is 2. The van der Waals surface area contributed by atoms with Gasteiger partial charge < -0.3 is 20.5 Å². The summed E-state index contributed by atoms with van der Waals surface area (Å²) < 4.78 is 12.3. The van der Waals surface area contributed by atoms with Crippen molar-refractivity contribution in [3.05, 3.63) is 42.2 Å². The predicted octanol–water partition coefficient (Wildman–Crippen LogP) is 1.00. The third-order valence-electron chi connectivity index (χ3n) is 3.09. The normalized spacial score (nSPS) is 11.3. The van der Waals surface area contributed by atoms with Crippen LogP contribution in [0.15, 0.2) is 41.7 Å². The van der Waals surface area contributed by atoms with Gasteiger partial charge in [-0.1, -0.05) is 6.07 Å². The molecule has 0 bridgehead atoms. The number of ether oxygens (including phenoxy) is 2. The fourth-order valence-electron chi connectivity index (χ4n) is 1.94. The third kappa shape index (κ3) is 4.41. The molecular formula is C15H21N5O2. The van der Waals surface area contributed by atoms with E-state index in [1.165, 1.54) is 0 Å². The zero-order valence-electron chi connectivity index (χ0n) is 12.8. The van der Waals surface area contributed by atoms with Crippen molar-refractivity contribution in [1.82, 2.24) is 15.1 Å². The van der Waals surface area contributed by atoms with E-state index in [0.29, 0.717) is 30.5 Å². The molecule has 22 heavy (non-hydrogen) atoms. The van der Waals surface area contributed by atoms with Gasteiger partial charge >= 0.3 is 0 Å². The Hall–Kier alpha value is -2.70. The van der Waals surface area contributed by atoms with Crippen LogP contribution in [-0.4, -0.2) is 36.5 Å². The molecular weight excluding hydrogens is 282 g/mol. The van der Waals surface area contributed by atoms with E-state index in [2.05, 4.69) is 15.4 Å². The molecule has 0 aliphatic carbocycles. The lowest BCUT2D eigenvalue weighted by molar-refractivity contribution is 0.354. The number of guanidine groups is 1. The number of aliphatic imine (C=N–C) groups is 1. The number of nitrogens with zero attached hydrogens (tertiary/aromatic N) is 3. The summed E-state index contributed by atoms with van der Waals surface area (Å²) in [6.07, 6.45) is 3.65. The number of benzene rings is 1. The molecule has 0 fully saturated rings. The zero-order valence-corrected chi connectivity index (χ0v) is 12.8. The van der Waals surface area contributed by atoms with Gasteiger partial charge in [-0.15, -0.1) is 0 Å². The maximum atomic E-state index is 5.84. The molecule has 1 aromatic carbocycles. The molecule has 3 N–H and O–H groups in total. The summed E-state index contributed by atoms with van der Waals surface area (Å²) in [5.41, 5.74) is 6.84. The number of nitrogens with two attached hydrogens (primary N) is 1. The predicted molar refractivity (Wildman–Crippen MR) is 85.1 cm³/mol. The summed E-state index contributed by atoms with van der Waals surface area (Å²) in [6.45, 7) is 1.88. The van der Waals surface area contributed by atoms with Gasteiger partial charge in [-0.2, -0.15) is 5.10 Å². The fraction of sp³-hybridized carbons (Fsp3) is 0.333. The van der Waals surface area contributed by atoms with Crippen molar-refractivity contribution in [3.63, 3.8) is 0 Å². The fourth-order valence-corrected chi connectivity index (χ4v) is 1.94. The highest BCUT2D eigenvalue weighted by molar-refractivity contribution is 5.77. The summed E-state index contributed by atoms with van der Waals surface area (Å²) in [4.78, 5) is 4.30. The Kier molecular flexibility index (Phi) is 5.65. The molecule has 0 unspecified atom stereocenters. The second kappa shape index (κ2) is 7.92. The smallest absolute Gasteiger partial charge is 0.188 e. The van der Waals surface area contributed by atoms with Crippen LogP contribution in [0.1, 0.15) is 5.56 Å². The van der Waals surface area contributed by atoms with Crippen LogP contribution in [0.5, 0.6) is 11.5 Å². The molecule has 2 rings (SSSR count). The average Bonchev–Trinajstić information content (AvgIpc) is 3.06. The van der Waals surface area contributed by atoms with Crippen LogP contribution < -0.4 is 20.5 Å². The second-order valence-corrected chi connectivity index (χ2v) is 4.59. The van der Waals surface area contributed by atoms with Crippen molar-refractivity contribution in [2.75, 3.05) is 20.8 Å². The minimum Gasteiger partial charge on any atom is -0.493 e. The number of nitrogens with one attached hydrogen (secondary N) is 1. The van der Waals surface area contributed by atoms with Crippen LogP contribution in [0, 0.1) is 0 Å². The Bertz CT molecular complexity index is 610. The molecule has 0 saturated heterocycles. The average molecular weight is 303 g/mol. The van der Waals surface area contributed by atoms with Gasteiger partial charge in [-0.3, -0.25) is 4.68 Å². The van der Waals surface area contributed by atoms with Gasteiger partial charge in [0.25, 0.3) is 0 Å². The number of hydrogen-bond acceptors (Lipinski definition) is 4. The van der Waals surface area contributed by atoms with E-state index in [9.17, 15) is 0 Å². The van der Waals surface area contributed by atoms with Gasteiger partial charge in [0, 0.05) is 18.9 Å². The largest absolute Gasteiger partial charge is 0.493 e. The maximum absolute atomic E-state index is 5.84. The Labute approximate surface area is 129 Å².